The number of ether oxygens (including phenoxy) is 1. The van der Waals surface area contributed by atoms with Gasteiger partial charge in [0.05, 0.1) is 6.20 Å². The molecule has 5 rings (SSSR count). The monoisotopic (exact) mass is 714 g/mol. The topological polar surface area (TPSA) is 117 Å². The second-order valence-electron chi connectivity index (χ2n) is 12.2. The van der Waals surface area contributed by atoms with Crippen molar-refractivity contribution in [2.75, 3.05) is 36.8 Å². The molecule has 2 N–H and O–H groups in total. The number of piperazine rings is 1. The fraction of sp³-hybridized carbons (Fsp3) is 0.406. The van der Waals surface area contributed by atoms with E-state index in [1.54, 1.807) is 11.1 Å². The molecule has 2 aliphatic heterocycles. The highest BCUT2D eigenvalue weighted by Crippen LogP contribution is 2.29. The lowest BCUT2D eigenvalue weighted by molar-refractivity contribution is -0.193. The van der Waals surface area contributed by atoms with Crippen molar-refractivity contribution in [2.24, 2.45) is 0 Å². The normalized spacial score (nSPS) is 15.2. The molecule has 49 heavy (non-hydrogen) atoms. The zero-order valence-electron chi connectivity index (χ0n) is 26.6. The molecule has 0 unspecified atom stereocenters. The molecular formula is C32H33ClF6N6O4. The van der Waals surface area contributed by atoms with Crippen LogP contribution in [-0.2, 0) is 33.7 Å². The van der Waals surface area contributed by atoms with Crippen molar-refractivity contribution in [3.05, 3.63) is 70.4 Å². The zero-order chi connectivity index (χ0) is 36.1. The van der Waals surface area contributed by atoms with E-state index >= 15 is 0 Å². The Morgan fingerprint density at radius 3 is 2.10 bits per heavy atom. The van der Waals surface area contributed by atoms with E-state index in [1.807, 2.05) is 32.9 Å². The molecule has 0 spiro atoms. The van der Waals surface area contributed by atoms with Gasteiger partial charge >= 0.3 is 30.0 Å². The second-order valence-corrected chi connectivity index (χ2v) is 12.6. The number of Topliss-reactive ketones (excluding diaryl/α,β-unsaturated/α-hetero) is 2. The molecule has 0 atom stereocenters. The van der Waals surface area contributed by atoms with Crippen LogP contribution in [0.3, 0.4) is 0 Å². The van der Waals surface area contributed by atoms with E-state index in [1.165, 1.54) is 16.7 Å². The third-order valence-electron chi connectivity index (χ3n) is 7.22. The molecule has 264 valence electrons. The summed E-state index contributed by atoms with van der Waals surface area (Å²) in [6.07, 6.45) is -8.35. The van der Waals surface area contributed by atoms with Crippen LogP contribution in [0.5, 0.6) is 0 Å². The number of aromatic nitrogens is 2. The van der Waals surface area contributed by atoms with E-state index < -0.39 is 29.5 Å². The minimum absolute atomic E-state index is 0.233. The maximum absolute atomic E-state index is 12.4. The van der Waals surface area contributed by atoms with Crippen LogP contribution in [0.1, 0.15) is 37.5 Å². The van der Waals surface area contributed by atoms with E-state index in [9.17, 15) is 40.7 Å². The molecule has 1 amide bonds. The zero-order valence-corrected chi connectivity index (χ0v) is 27.4. The Balaban J connectivity index is 0.000000386. The third-order valence-corrected chi connectivity index (χ3v) is 7.49. The molecular weight excluding hydrogens is 682 g/mol. The summed E-state index contributed by atoms with van der Waals surface area (Å²) in [4.78, 5) is 44.8. The van der Waals surface area contributed by atoms with Gasteiger partial charge in [-0.15, -0.1) is 0 Å². The molecule has 1 aromatic heterocycles. The summed E-state index contributed by atoms with van der Waals surface area (Å²) < 4.78 is 72.5. The van der Waals surface area contributed by atoms with Crippen LogP contribution in [0.2, 0.25) is 5.02 Å². The first-order valence-corrected chi connectivity index (χ1v) is 15.4. The Morgan fingerprint density at radius 1 is 0.857 bits per heavy atom. The number of ketones is 2. The van der Waals surface area contributed by atoms with E-state index in [2.05, 4.69) is 55.8 Å². The van der Waals surface area contributed by atoms with Crippen molar-refractivity contribution >= 4 is 52.4 Å². The van der Waals surface area contributed by atoms with Crippen LogP contribution in [0.15, 0.2) is 48.7 Å². The van der Waals surface area contributed by atoms with E-state index in [0.717, 1.165) is 43.9 Å². The van der Waals surface area contributed by atoms with E-state index in [-0.39, 0.29) is 6.09 Å². The molecule has 0 saturated carbocycles. The summed E-state index contributed by atoms with van der Waals surface area (Å²) in [5.41, 5.74) is 5.21. The predicted molar refractivity (Wildman–Crippen MR) is 169 cm³/mol. The highest BCUT2D eigenvalue weighted by atomic mass is 35.5. The van der Waals surface area contributed by atoms with Gasteiger partial charge < -0.3 is 20.3 Å². The molecule has 10 nitrogen and oxygen atoms in total. The van der Waals surface area contributed by atoms with Crippen LogP contribution in [0.25, 0.3) is 0 Å². The largest absolute Gasteiger partial charge is 0.458 e. The van der Waals surface area contributed by atoms with Crippen molar-refractivity contribution in [1.29, 1.82) is 0 Å². The van der Waals surface area contributed by atoms with Crippen LogP contribution in [0, 0.1) is 0 Å². The number of hydrogen-bond acceptors (Lipinski definition) is 9. The number of nitrogens with zero attached hydrogens (tertiary/aromatic N) is 4. The Labute approximate surface area is 282 Å². The highest BCUT2D eigenvalue weighted by molar-refractivity contribution is 6.41. The van der Waals surface area contributed by atoms with Crippen molar-refractivity contribution in [2.45, 2.75) is 58.1 Å². The molecule has 0 aliphatic carbocycles. The quantitative estimate of drug-likeness (QED) is 0.218. The van der Waals surface area contributed by atoms with Crippen LogP contribution in [0.4, 0.5) is 54.3 Å². The molecule has 3 heterocycles. The fourth-order valence-electron chi connectivity index (χ4n) is 4.87. The van der Waals surface area contributed by atoms with E-state index in [0.29, 0.717) is 29.9 Å². The van der Waals surface area contributed by atoms with Gasteiger partial charge in [0.25, 0.3) is 0 Å². The number of halogens is 7. The number of aryl methyl sites for hydroxylation is 2. The summed E-state index contributed by atoms with van der Waals surface area (Å²) in [5, 5.41) is 7.11. The molecule has 1 fully saturated rings. The van der Waals surface area contributed by atoms with Gasteiger partial charge in [-0.3, -0.25) is 14.5 Å². The molecule has 3 aromatic rings. The van der Waals surface area contributed by atoms with E-state index in [4.69, 9.17) is 16.3 Å². The number of alkyl halides is 6. The Bertz CT molecular complexity index is 1660. The van der Waals surface area contributed by atoms with Crippen molar-refractivity contribution < 1.29 is 45.5 Å². The lowest BCUT2D eigenvalue weighted by Gasteiger charge is -2.36. The maximum atomic E-state index is 12.4. The van der Waals surface area contributed by atoms with Gasteiger partial charge in [-0.25, -0.2) is 9.78 Å². The molecule has 2 aromatic carbocycles. The predicted octanol–water partition coefficient (Wildman–Crippen LogP) is 7.02. The second kappa shape index (κ2) is 15.0. The summed E-state index contributed by atoms with van der Waals surface area (Å²) in [7, 11) is 0. The first-order chi connectivity index (χ1) is 22.8. The van der Waals surface area contributed by atoms with Crippen molar-refractivity contribution in [3.63, 3.8) is 0 Å². The van der Waals surface area contributed by atoms with Gasteiger partial charge in [-0.05, 0) is 74.6 Å². The SMILES string of the molecule is CC(C)(C)OC(=O)N1CCN(Cc2ccc3cc2CCc2cccc(c2)Nc2ncc(Cl)c(n2)N3)CC1.O=C(C(=O)C(F)(F)F)C(F)(F)F. The standard InChI is InChI=1S/C28H33ClN6O2.C4F6O2/c1-28(2,3)37-27(36)35-13-11-34(12-14-35)18-21-9-10-23-16-20(21)8-7-19-5-4-6-22(15-19)32-26-30-17-24(29)25(31-23)33-26;5-3(6,7)1(11)2(12)4(8,9)10/h4-6,9-10,15-17H,7-8,11-14,18H2,1-3H3,(H2,30,31,32,33);. The first kappa shape index (κ1) is 37.4. The minimum Gasteiger partial charge on any atom is -0.444 e. The van der Waals surface area contributed by atoms with Crippen LogP contribution >= 0.6 is 11.6 Å². The Hall–Kier alpha value is -4.44. The number of carbonyl (C=O) groups is 3. The molecule has 1 saturated heterocycles. The fourth-order valence-corrected chi connectivity index (χ4v) is 5.01. The lowest BCUT2D eigenvalue weighted by Crippen LogP contribution is -2.49. The van der Waals surface area contributed by atoms with Gasteiger partial charge in [-0.1, -0.05) is 29.8 Å². The number of hydrogen-bond donors (Lipinski definition) is 2. The molecule has 2 aliphatic rings. The van der Waals surface area contributed by atoms with Crippen LogP contribution < -0.4 is 10.6 Å². The minimum atomic E-state index is -5.77. The smallest absolute Gasteiger partial charge is 0.444 e. The Morgan fingerprint density at radius 2 is 1.49 bits per heavy atom. The Kier molecular flexibility index (Phi) is 11.4. The van der Waals surface area contributed by atoms with Gasteiger partial charge in [0.1, 0.15) is 10.6 Å². The number of carbonyl (C=O) groups excluding carboxylic acids is 3. The van der Waals surface area contributed by atoms with Gasteiger partial charge in [0.15, 0.2) is 5.82 Å². The number of nitrogens with one attached hydrogen (secondary N) is 2. The number of benzene rings is 2. The summed E-state index contributed by atoms with van der Waals surface area (Å²) in [5.74, 6) is -5.76. The lowest BCUT2D eigenvalue weighted by atomic mass is 9.98. The van der Waals surface area contributed by atoms with Gasteiger partial charge in [0.2, 0.25) is 5.95 Å². The summed E-state index contributed by atoms with van der Waals surface area (Å²) in [6, 6.07) is 14.8. The third kappa shape index (κ3) is 10.8. The average Bonchev–Trinajstić information content (AvgIpc) is 3.01. The number of anilines is 4. The maximum Gasteiger partial charge on any atom is 0.458 e. The average molecular weight is 715 g/mol. The van der Waals surface area contributed by atoms with Gasteiger partial charge in [-0.2, -0.15) is 31.3 Å². The number of fused-ring (bicyclic) bond motifs is 6. The highest BCUT2D eigenvalue weighted by Gasteiger charge is 2.54. The van der Waals surface area contributed by atoms with Gasteiger partial charge in [0, 0.05) is 44.1 Å². The molecule has 0 radical (unpaired) electrons. The van der Waals surface area contributed by atoms with Crippen molar-refractivity contribution in [1.82, 2.24) is 19.8 Å². The van der Waals surface area contributed by atoms with Crippen LogP contribution in [-0.4, -0.2) is 81.6 Å². The first-order valence-electron chi connectivity index (χ1n) is 15.0. The summed E-state index contributed by atoms with van der Waals surface area (Å²) >= 11 is 6.40. The molecule has 17 heteroatoms. The molecule has 6 bridgehead atoms. The summed E-state index contributed by atoms with van der Waals surface area (Å²) in [6.45, 7) is 9.48. The van der Waals surface area contributed by atoms with Crippen molar-refractivity contribution in [3.8, 4) is 0 Å². The number of rotatable bonds is 3. The number of amides is 1.